The molecule has 2 aliphatic rings. The minimum absolute atomic E-state index is 0.0452. The molecule has 0 spiro atoms. The topological polar surface area (TPSA) is 47.6 Å². The molecular weight excluding hydrogens is 445 g/mol. The van der Waals surface area contributed by atoms with Crippen molar-refractivity contribution in [1.29, 1.82) is 10.5 Å². The van der Waals surface area contributed by atoms with E-state index >= 15 is 0 Å². The summed E-state index contributed by atoms with van der Waals surface area (Å²) >= 11 is 7.41. The van der Waals surface area contributed by atoms with Crippen molar-refractivity contribution in [2.45, 2.75) is 78.1 Å². The summed E-state index contributed by atoms with van der Waals surface area (Å²) in [5.41, 5.74) is 0.0452. The normalized spacial score (nSPS) is 15.4. The van der Waals surface area contributed by atoms with Crippen molar-refractivity contribution in [2.75, 3.05) is 0 Å². The highest BCUT2D eigenvalue weighted by molar-refractivity contribution is 8.34. The van der Waals surface area contributed by atoms with Gasteiger partial charge in [0.2, 0.25) is 0 Å². The molecule has 0 amide bonds. The summed E-state index contributed by atoms with van der Waals surface area (Å²) in [6.45, 7) is 4.53. The highest BCUT2D eigenvalue weighted by Gasteiger charge is 2.26. The van der Waals surface area contributed by atoms with Gasteiger partial charge >= 0.3 is 0 Å². The fourth-order valence-corrected chi connectivity index (χ4v) is 8.22. The molecule has 0 aromatic heterocycles. The maximum Gasteiger partial charge on any atom is 0.137 e. The SMILES string of the molecule is CCCCCCC1=C(CCCCCC)SC(=C2SC=C(C#CC=C(C#N)C#N)S2)S1. The average molecular weight is 473 g/mol. The van der Waals surface area contributed by atoms with Gasteiger partial charge in [0.25, 0.3) is 0 Å². The second-order valence-electron chi connectivity index (χ2n) is 7.00. The Morgan fingerprint density at radius 1 is 0.833 bits per heavy atom. The molecule has 0 radical (unpaired) electrons. The first-order valence-electron chi connectivity index (χ1n) is 10.6. The van der Waals surface area contributed by atoms with E-state index in [4.69, 9.17) is 10.5 Å². The van der Waals surface area contributed by atoms with Crippen molar-refractivity contribution < 1.29 is 0 Å². The van der Waals surface area contributed by atoms with Crippen LogP contribution < -0.4 is 0 Å². The van der Waals surface area contributed by atoms with Gasteiger partial charge in [-0.05, 0) is 31.1 Å². The molecule has 2 rings (SSSR count). The molecule has 0 fully saturated rings. The fourth-order valence-electron chi connectivity index (χ4n) is 2.92. The highest BCUT2D eigenvalue weighted by Crippen LogP contribution is 2.59. The second-order valence-corrected chi connectivity index (χ2v) is 11.7. The van der Waals surface area contributed by atoms with Crippen molar-refractivity contribution in [3.8, 4) is 24.0 Å². The molecule has 6 heteroatoms. The third-order valence-corrected chi connectivity index (χ3v) is 10.2. The predicted octanol–water partition coefficient (Wildman–Crippen LogP) is 9.04. The molecule has 0 aliphatic carbocycles. The minimum Gasteiger partial charge on any atom is -0.192 e. The molecule has 0 saturated carbocycles. The Balaban J connectivity index is 1.99. The molecule has 0 aromatic rings. The highest BCUT2D eigenvalue weighted by atomic mass is 32.2. The third-order valence-electron chi connectivity index (χ3n) is 4.55. The van der Waals surface area contributed by atoms with Gasteiger partial charge in [0.05, 0.1) is 13.4 Å². The molecule has 158 valence electrons. The van der Waals surface area contributed by atoms with Crippen molar-refractivity contribution in [3.63, 3.8) is 0 Å². The Morgan fingerprint density at radius 2 is 1.43 bits per heavy atom. The predicted molar refractivity (Wildman–Crippen MR) is 137 cm³/mol. The van der Waals surface area contributed by atoms with E-state index in [2.05, 4.69) is 31.1 Å². The van der Waals surface area contributed by atoms with E-state index in [0.717, 1.165) is 4.91 Å². The molecule has 0 atom stereocenters. The summed E-state index contributed by atoms with van der Waals surface area (Å²) in [6, 6.07) is 3.67. The zero-order valence-electron chi connectivity index (χ0n) is 17.8. The number of hydrogen-bond acceptors (Lipinski definition) is 6. The summed E-state index contributed by atoms with van der Waals surface area (Å²) in [5, 5.41) is 19.6. The summed E-state index contributed by atoms with van der Waals surface area (Å²) in [4.78, 5) is 4.16. The quantitative estimate of drug-likeness (QED) is 0.179. The lowest BCUT2D eigenvalue weighted by atomic mass is 10.1. The van der Waals surface area contributed by atoms with Crippen LogP contribution in [0.2, 0.25) is 0 Å². The third kappa shape index (κ3) is 8.56. The number of unbranched alkanes of at least 4 members (excludes halogenated alkanes) is 6. The Labute approximate surface area is 199 Å². The summed E-state index contributed by atoms with van der Waals surface area (Å²) in [7, 11) is 0. The van der Waals surface area contributed by atoms with Crippen LogP contribution in [0.25, 0.3) is 0 Å². The van der Waals surface area contributed by atoms with E-state index in [1.807, 2.05) is 35.7 Å². The number of hydrogen-bond donors (Lipinski definition) is 0. The van der Waals surface area contributed by atoms with Gasteiger partial charge in [-0.3, -0.25) is 0 Å². The van der Waals surface area contributed by atoms with Gasteiger partial charge in [-0.15, -0.1) is 0 Å². The number of thioether (sulfide) groups is 4. The number of nitrogens with zero attached hydrogens (tertiary/aromatic N) is 2. The van der Waals surface area contributed by atoms with Crippen molar-refractivity contribution in [3.05, 3.63) is 40.2 Å². The van der Waals surface area contributed by atoms with Crippen LogP contribution in [0.3, 0.4) is 0 Å². The lowest BCUT2D eigenvalue weighted by Gasteiger charge is -2.05. The van der Waals surface area contributed by atoms with E-state index in [-0.39, 0.29) is 5.57 Å². The first-order valence-corrected chi connectivity index (χ1v) is 13.9. The largest absolute Gasteiger partial charge is 0.192 e. The van der Waals surface area contributed by atoms with Gasteiger partial charge < -0.3 is 0 Å². The van der Waals surface area contributed by atoms with Crippen LogP contribution in [0.1, 0.15) is 78.1 Å². The van der Waals surface area contributed by atoms with Gasteiger partial charge in [-0.2, -0.15) is 10.5 Å². The zero-order valence-corrected chi connectivity index (χ0v) is 21.0. The number of nitriles is 2. The Hall–Kier alpha value is -1.10. The van der Waals surface area contributed by atoms with Gasteiger partial charge in [0.15, 0.2) is 0 Å². The molecule has 30 heavy (non-hydrogen) atoms. The first-order chi connectivity index (χ1) is 14.7. The molecule has 2 nitrogen and oxygen atoms in total. The Morgan fingerprint density at radius 3 is 1.97 bits per heavy atom. The standard InChI is InChI=1S/C24H28N2S4/c1-3-5-7-9-14-21-22(15-10-8-6-4-2)30-24(29-21)23-27-18-20(28-23)13-11-12-19(16-25)17-26/h12,18H,3-10,14-15H2,1-2H3. The zero-order chi connectivity index (χ0) is 21.6. The van der Waals surface area contributed by atoms with E-state index in [0.29, 0.717) is 0 Å². The van der Waals surface area contributed by atoms with Crippen LogP contribution in [-0.4, -0.2) is 0 Å². The van der Waals surface area contributed by atoms with Crippen molar-refractivity contribution >= 4 is 47.0 Å². The number of rotatable bonds is 10. The summed E-state index contributed by atoms with van der Waals surface area (Å²) in [6.07, 6.45) is 14.3. The van der Waals surface area contributed by atoms with Gasteiger partial charge in [-0.25, -0.2) is 0 Å². The van der Waals surface area contributed by atoms with Crippen LogP contribution in [0.4, 0.5) is 0 Å². The van der Waals surface area contributed by atoms with E-state index in [9.17, 15) is 0 Å². The molecule has 0 N–H and O–H groups in total. The van der Waals surface area contributed by atoms with E-state index in [1.165, 1.54) is 78.8 Å². The van der Waals surface area contributed by atoms with Gasteiger partial charge in [0, 0.05) is 15.9 Å². The van der Waals surface area contributed by atoms with E-state index < -0.39 is 0 Å². The molecular formula is C24H28N2S4. The number of allylic oxidation sites excluding steroid dienone is 5. The summed E-state index contributed by atoms with van der Waals surface area (Å²) in [5.74, 6) is 5.89. The second kappa shape index (κ2) is 14.8. The van der Waals surface area contributed by atoms with Gasteiger partial charge in [0.1, 0.15) is 17.7 Å². The van der Waals surface area contributed by atoms with Crippen molar-refractivity contribution in [2.24, 2.45) is 0 Å². The molecule has 0 aromatic carbocycles. The molecule has 0 unspecified atom stereocenters. The van der Waals surface area contributed by atoms with E-state index in [1.54, 1.807) is 33.3 Å². The lowest BCUT2D eigenvalue weighted by molar-refractivity contribution is 0.661. The Bertz CT molecular complexity index is 828. The average Bonchev–Trinajstić information content (AvgIpc) is 3.39. The van der Waals surface area contributed by atoms with Crippen LogP contribution >= 0.6 is 47.0 Å². The fraction of sp³-hybridized carbons (Fsp3) is 0.500. The van der Waals surface area contributed by atoms with Crippen LogP contribution in [0, 0.1) is 34.5 Å². The first kappa shape index (κ1) is 25.2. The van der Waals surface area contributed by atoms with Gasteiger partial charge in [-0.1, -0.05) is 111 Å². The van der Waals surface area contributed by atoms with Crippen LogP contribution in [-0.2, 0) is 0 Å². The molecule has 0 saturated heterocycles. The molecule has 2 heterocycles. The summed E-state index contributed by atoms with van der Waals surface area (Å²) < 4.78 is 2.72. The minimum atomic E-state index is 0.0452. The van der Waals surface area contributed by atoms with Crippen LogP contribution in [0.5, 0.6) is 0 Å². The molecule has 0 bridgehead atoms. The maximum atomic E-state index is 8.79. The Kier molecular flexibility index (Phi) is 12.4. The molecule has 2 aliphatic heterocycles. The monoisotopic (exact) mass is 472 g/mol. The van der Waals surface area contributed by atoms with Crippen LogP contribution in [0.15, 0.2) is 40.2 Å². The maximum absolute atomic E-state index is 8.79. The van der Waals surface area contributed by atoms with Crippen molar-refractivity contribution in [1.82, 2.24) is 0 Å². The lowest BCUT2D eigenvalue weighted by Crippen LogP contribution is -1.84. The smallest absolute Gasteiger partial charge is 0.137 e.